The Labute approximate surface area is 191 Å². The number of hydrogen-bond acceptors (Lipinski definition) is 6. The van der Waals surface area contributed by atoms with Crippen molar-refractivity contribution in [3.05, 3.63) is 70.7 Å². The maximum absolute atomic E-state index is 13.3. The number of rotatable bonds is 5. The first kappa shape index (κ1) is 20.7. The molecule has 0 saturated carbocycles. The number of thiazole rings is 1. The van der Waals surface area contributed by atoms with E-state index in [2.05, 4.69) is 14.7 Å². The summed E-state index contributed by atoms with van der Waals surface area (Å²) >= 11 is 2.71. The fourth-order valence-electron chi connectivity index (χ4n) is 3.77. The van der Waals surface area contributed by atoms with E-state index in [1.54, 1.807) is 17.0 Å². The molecular formula is C23H19FN4O2S2. The summed E-state index contributed by atoms with van der Waals surface area (Å²) in [6, 6.07) is 13.6. The molecule has 1 saturated heterocycles. The fraction of sp³-hybridized carbons (Fsp3) is 0.217. The van der Waals surface area contributed by atoms with Crippen LogP contribution in [0.4, 0.5) is 4.39 Å². The quantitative estimate of drug-likeness (QED) is 0.470. The van der Waals surface area contributed by atoms with Crippen molar-refractivity contribution in [2.24, 2.45) is 0 Å². The van der Waals surface area contributed by atoms with Crippen LogP contribution in [0.15, 0.2) is 48.5 Å². The molecule has 0 aliphatic carbocycles. The van der Waals surface area contributed by atoms with Crippen LogP contribution in [0.2, 0.25) is 0 Å². The van der Waals surface area contributed by atoms with Crippen molar-refractivity contribution in [1.82, 2.24) is 19.6 Å². The van der Waals surface area contributed by atoms with Crippen molar-refractivity contribution >= 4 is 44.8 Å². The monoisotopic (exact) mass is 466 g/mol. The number of benzene rings is 2. The van der Waals surface area contributed by atoms with E-state index in [1.807, 2.05) is 31.2 Å². The topological polar surface area (TPSA) is 75.2 Å². The number of fused-ring (bicyclic) bond motifs is 1. The van der Waals surface area contributed by atoms with Gasteiger partial charge in [0.1, 0.15) is 17.2 Å². The SMILES string of the molecule is Cc1nc(C(=O)N2CCC2CNC(=O)c2nsc3ccccc23)c(-c2ccc(F)cc2)s1. The zero-order chi connectivity index (χ0) is 22.2. The number of nitrogens with zero attached hydrogens (tertiary/aromatic N) is 3. The molecule has 2 aromatic heterocycles. The largest absolute Gasteiger partial charge is 0.349 e. The van der Waals surface area contributed by atoms with Gasteiger partial charge in [-0.3, -0.25) is 9.59 Å². The first-order valence-corrected chi connectivity index (χ1v) is 11.8. The van der Waals surface area contributed by atoms with Gasteiger partial charge in [-0.15, -0.1) is 11.3 Å². The molecule has 1 N–H and O–H groups in total. The van der Waals surface area contributed by atoms with Gasteiger partial charge in [0.2, 0.25) is 0 Å². The van der Waals surface area contributed by atoms with E-state index in [0.717, 1.165) is 32.0 Å². The molecule has 6 nitrogen and oxygen atoms in total. The highest BCUT2D eigenvalue weighted by atomic mass is 32.1. The first-order chi connectivity index (χ1) is 15.5. The molecule has 9 heteroatoms. The summed E-state index contributed by atoms with van der Waals surface area (Å²) in [7, 11) is 0. The molecule has 32 heavy (non-hydrogen) atoms. The van der Waals surface area contributed by atoms with Gasteiger partial charge in [0.25, 0.3) is 11.8 Å². The predicted octanol–water partition coefficient (Wildman–Crippen LogP) is 4.51. The van der Waals surface area contributed by atoms with Crippen molar-refractivity contribution in [3.63, 3.8) is 0 Å². The number of carbonyl (C=O) groups excluding carboxylic acids is 2. The summed E-state index contributed by atoms with van der Waals surface area (Å²) in [5, 5.41) is 4.53. The second-order valence-corrected chi connectivity index (χ2v) is 9.60. The third-order valence-electron chi connectivity index (χ3n) is 5.54. The van der Waals surface area contributed by atoms with Gasteiger partial charge in [-0.05, 0) is 48.6 Å². The van der Waals surface area contributed by atoms with Gasteiger partial charge in [-0.2, -0.15) is 4.37 Å². The Morgan fingerprint density at radius 1 is 1.16 bits per heavy atom. The maximum Gasteiger partial charge on any atom is 0.274 e. The highest BCUT2D eigenvalue weighted by molar-refractivity contribution is 7.15. The summed E-state index contributed by atoms with van der Waals surface area (Å²) in [6.45, 7) is 2.81. The van der Waals surface area contributed by atoms with Gasteiger partial charge < -0.3 is 10.2 Å². The van der Waals surface area contributed by atoms with E-state index >= 15 is 0 Å². The molecule has 1 atom stereocenters. The summed E-state index contributed by atoms with van der Waals surface area (Å²) in [5.74, 6) is -0.731. The number of amides is 2. The van der Waals surface area contributed by atoms with Crippen molar-refractivity contribution in [1.29, 1.82) is 0 Å². The smallest absolute Gasteiger partial charge is 0.274 e. The lowest BCUT2D eigenvalue weighted by Gasteiger charge is -2.40. The first-order valence-electron chi connectivity index (χ1n) is 10.2. The van der Waals surface area contributed by atoms with Crippen LogP contribution in [-0.2, 0) is 0 Å². The molecule has 162 valence electrons. The molecule has 2 amide bonds. The number of halogens is 1. The van der Waals surface area contributed by atoms with E-state index in [9.17, 15) is 14.0 Å². The number of carbonyl (C=O) groups is 2. The molecule has 3 heterocycles. The van der Waals surface area contributed by atoms with Crippen LogP contribution in [0.1, 0.15) is 32.4 Å². The molecule has 2 aromatic carbocycles. The second kappa shape index (κ2) is 8.40. The Kier molecular flexibility index (Phi) is 5.44. The van der Waals surface area contributed by atoms with Gasteiger partial charge in [-0.25, -0.2) is 9.37 Å². The fourth-order valence-corrected chi connectivity index (χ4v) is 5.46. The molecule has 4 aromatic rings. The maximum atomic E-state index is 13.3. The molecule has 1 fully saturated rings. The zero-order valence-corrected chi connectivity index (χ0v) is 18.8. The average molecular weight is 467 g/mol. The van der Waals surface area contributed by atoms with E-state index in [4.69, 9.17) is 0 Å². The summed E-state index contributed by atoms with van der Waals surface area (Å²) < 4.78 is 18.6. The van der Waals surface area contributed by atoms with Crippen molar-refractivity contribution in [2.75, 3.05) is 13.1 Å². The normalized spacial score (nSPS) is 15.6. The molecular weight excluding hydrogens is 447 g/mol. The highest BCUT2D eigenvalue weighted by Crippen LogP contribution is 2.33. The van der Waals surface area contributed by atoms with E-state index in [1.165, 1.54) is 35.0 Å². The van der Waals surface area contributed by atoms with Gasteiger partial charge >= 0.3 is 0 Å². The molecule has 5 rings (SSSR count). The summed E-state index contributed by atoms with van der Waals surface area (Å²) in [6.07, 6.45) is 0.804. The van der Waals surface area contributed by atoms with Crippen LogP contribution in [0.3, 0.4) is 0 Å². The third-order valence-corrected chi connectivity index (χ3v) is 7.39. The summed E-state index contributed by atoms with van der Waals surface area (Å²) in [5.41, 5.74) is 1.55. The van der Waals surface area contributed by atoms with Crippen LogP contribution in [-0.4, -0.2) is 45.2 Å². The van der Waals surface area contributed by atoms with Crippen LogP contribution in [0.5, 0.6) is 0 Å². The molecule has 1 aliphatic rings. The Balaban J connectivity index is 1.29. The minimum Gasteiger partial charge on any atom is -0.349 e. The van der Waals surface area contributed by atoms with Crippen molar-refractivity contribution in [3.8, 4) is 10.4 Å². The number of aryl methyl sites for hydroxylation is 1. The standard InChI is InChI=1S/C23H19FN4O2S2/c1-13-26-20(21(31-13)14-6-8-15(24)9-7-14)23(30)28-11-10-16(28)12-25-22(29)19-17-4-2-3-5-18(17)32-27-19/h2-9,16H,10-12H2,1H3,(H,25,29). The molecule has 1 unspecified atom stereocenters. The Morgan fingerprint density at radius 3 is 2.69 bits per heavy atom. The Morgan fingerprint density at radius 2 is 1.94 bits per heavy atom. The second-order valence-electron chi connectivity index (χ2n) is 7.60. The van der Waals surface area contributed by atoms with E-state index in [-0.39, 0.29) is 23.7 Å². The van der Waals surface area contributed by atoms with Gasteiger partial charge in [-0.1, -0.05) is 30.3 Å². The summed E-state index contributed by atoms with van der Waals surface area (Å²) in [4.78, 5) is 32.8. The Bertz CT molecular complexity index is 1320. The predicted molar refractivity (Wildman–Crippen MR) is 124 cm³/mol. The van der Waals surface area contributed by atoms with Crippen LogP contribution >= 0.6 is 22.9 Å². The number of likely N-dealkylation sites (tertiary alicyclic amines) is 1. The van der Waals surface area contributed by atoms with Crippen LogP contribution in [0, 0.1) is 12.7 Å². The van der Waals surface area contributed by atoms with Crippen molar-refractivity contribution in [2.45, 2.75) is 19.4 Å². The minimum absolute atomic E-state index is 0.0978. The van der Waals surface area contributed by atoms with E-state index in [0.29, 0.717) is 24.5 Å². The van der Waals surface area contributed by atoms with Crippen LogP contribution in [0.25, 0.3) is 20.5 Å². The van der Waals surface area contributed by atoms with Gasteiger partial charge in [0.15, 0.2) is 0 Å². The molecule has 0 radical (unpaired) electrons. The number of aromatic nitrogens is 2. The number of hydrogen-bond donors (Lipinski definition) is 1. The number of nitrogens with one attached hydrogen (secondary N) is 1. The average Bonchev–Trinajstić information content (AvgIpc) is 3.37. The van der Waals surface area contributed by atoms with Gasteiger partial charge in [0, 0.05) is 18.5 Å². The lowest BCUT2D eigenvalue weighted by atomic mass is 10.0. The Hall–Kier alpha value is -3.17. The van der Waals surface area contributed by atoms with E-state index < -0.39 is 0 Å². The van der Waals surface area contributed by atoms with Gasteiger partial charge in [0.05, 0.1) is 20.6 Å². The van der Waals surface area contributed by atoms with Crippen molar-refractivity contribution < 1.29 is 14.0 Å². The zero-order valence-electron chi connectivity index (χ0n) is 17.2. The minimum atomic E-state index is -0.325. The lowest BCUT2D eigenvalue weighted by Crippen LogP contribution is -2.56. The third kappa shape index (κ3) is 3.78. The molecule has 0 bridgehead atoms. The van der Waals surface area contributed by atoms with Crippen LogP contribution < -0.4 is 5.32 Å². The lowest BCUT2D eigenvalue weighted by molar-refractivity contribution is 0.0451. The molecule has 1 aliphatic heterocycles. The highest BCUT2D eigenvalue weighted by Gasteiger charge is 2.35. The molecule has 0 spiro atoms.